The molecule has 0 saturated heterocycles. The van der Waals surface area contributed by atoms with Crippen molar-refractivity contribution in [1.82, 2.24) is 4.57 Å². The summed E-state index contributed by atoms with van der Waals surface area (Å²) in [5, 5.41) is 2.35. The molecule has 0 unspecified atom stereocenters. The van der Waals surface area contributed by atoms with Crippen molar-refractivity contribution in [3.8, 4) is 72.8 Å². The third kappa shape index (κ3) is 9.23. The Morgan fingerprint density at radius 1 is 0.379 bits per heavy atom. The summed E-state index contributed by atoms with van der Waals surface area (Å²) in [5.74, 6) is 1.38. The van der Waals surface area contributed by atoms with E-state index in [-0.39, 0.29) is 46.0 Å². The zero-order chi connectivity index (χ0) is 69.1. The normalized spacial score (nSPS) is 14.4. The van der Waals surface area contributed by atoms with Gasteiger partial charge in [-0.25, -0.2) is 0 Å². The molecule has 1 aliphatic carbocycles. The van der Waals surface area contributed by atoms with Gasteiger partial charge in [0.25, 0.3) is 6.71 Å². The second-order valence-electron chi connectivity index (χ2n) is 29.2. The van der Waals surface area contributed by atoms with Crippen molar-refractivity contribution in [3.63, 3.8) is 0 Å². The standard InChI is InChI=1S/C91H75BN2O/c1-88(2,3)65-44-47-79-74(52-65)75-53-66(89(4,5)6)45-48-80(75)93(79)68-56-82-86-84(57-68)95-83-49-43-62(69-39-27-40-71-70-38-25-26-41-76(70)91(85(69)71,63-34-21-13-22-35-63)64-36-23-14-24-37-64)51-78(83)92(86)77-50-61(58-28-15-10-16-29-58)42-46-81(77)94(82)87-72(59-30-17-11-18-31-59)54-67(90(7,8)9)55-73(87)60-32-19-12-20-33-60/h10-57H,1-9H3/i10D,15D,16D,28D,29D. The van der Waals surface area contributed by atoms with Gasteiger partial charge in [-0.05, 0) is 171 Å². The number of benzene rings is 13. The van der Waals surface area contributed by atoms with Crippen molar-refractivity contribution in [2.75, 3.05) is 4.90 Å². The average molecular weight is 1230 g/mol. The number of hydrogen-bond acceptors (Lipinski definition) is 2. The lowest BCUT2D eigenvalue weighted by atomic mass is 9.34. The molecule has 4 heteroatoms. The highest BCUT2D eigenvalue weighted by Gasteiger charge is 2.49. The van der Waals surface area contributed by atoms with Gasteiger partial charge in [0.1, 0.15) is 11.5 Å². The number of fused-ring (bicyclic) bond motifs is 10. The number of aromatic nitrogens is 1. The maximum Gasteiger partial charge on any atom is 0.256 e. The number of rotatable bonds is 8. The molecule has 3 aliphatic rings. The molecular formula is C91H75BN2O. The molecule has 3 nitrogen and oxygen atoms in total. The zero-order valence-electron chi connectivity index (χ0n) is 60.2. The van der Waals surface area contributed by atoms with Crippen molar-refractivity contribution < 1.29 is 11.6 Å². The van der Waals surface area contributed by atoms with Crippen molar-refractivity contribution in [2.45, 2.75) is 84.0 Å². The van der Waals surface area contributed by atoms with E-state index in [1.807, 2.05) is 6.07 Å². The van der Waals surface area contributed by atoms with E-state index < -0.39 is 18.2 Å². The third-order valence-corrected chi connectivity index (χ3v) is 20.5. The van der Waals surface area contributed by atoms with E-state index in [0.29, 0.717) is 17.1 Å². The lowest BCUT2D eigenvalue weighted by Gasteiger charge is -2.42. The molecule has 3 heterocycles. The summed E-state index contributed by atoms with van der Waals surface area (Å²) in [6.07, 6.45) is 0. The Balaban J connectivity index is 1.01. The van der Waals surface area contributed by atoms with Gasteiger partial charge in [0.15, 0.2) is 0 Å². The minimum Gasteiger partial charge on any atom is -0.458 e. The molecule has 0 saturated carbocycles. The summed E-state index contributed by atoms with van der Waals surface area (Å²) >= 11 is 0. The molecule has 0 bridgehead atoms. The summed E-state index contributed by atoms with van der Waals surface area (Å²) < 4.78 is 56.2. The lowest BCUT2D eigenvalue weighted by Crippen LogP contribution is -2.59. The predicted octanol–water partition coefficient (Wildman–Crippen LogP) is 22.1. The van der Waals surface area contributed by atoms with Gasteiger partial charge in [-0.3, -0.25) is 0 Å². The van der Waals surface area contributed by atoms with Gasteiger partial charge in [-0.1, -0.05) is 293 Å². The molecule has 1 aromatic heterocycles. The molecule has 0 amide bonds. The van der Waals surface area contributed by atoms with E-state index in [0.717, 1.165) is 83.6 Å². The van der Waals surface area contributed by atoms with Crippen LogP contribution >= 0.6 is 0 Å². The lowest BCUT2D eigenvalue weighted by molar-refractivity contribution is 0.487. The second-order valence-corrected chi connectivity index (χ2v) is 29.2. The summed E-state index contributed by atoms with van der Waals surface area (Å²) in [6, 6.07) is 93.6. The van der Waals surface area contributed by atoms with Gasteiger partial charge < -0.3 is 14.2 Å². The Morgan fingerprint density at radius 2 is 0.905 bits per heavy atom. The first-order valence-corrected chi connectivity index (χ1v) is 33.3. The Morgan fingerprint density at radius 3 is 1.49 bits per heavy atom. The number of hydrogen-bond donors (Lipinski definition) is 0. The van der Waals surface area contributed by atoms with Gasteiger partial charge in [0.05, 0.1) is 34.7 Å². The summed E-state index contributed by atoms with van der Waals surface area (Å²) in [7, 11) is 0. The first-order chi connectivity index (χ1) is 48.1. The SMILES string of the molecule is [2H]c1c([2H])c([2H])c(-c2ccc3c(c2)B2c4cc(-c5cccc6c5C(c5ccccc5)(c5ccccc5)c5ccccc5-6)ccc4Oc4cc(-n5c6ccc(C(C)(C)C)cc6c6cc(C(C)(C)C)ccc65)cc(c42)N3c2c(-c3ccccc3)cc(C(C)(C)C)cc2-c2ccccc2)c([2H])c1[2H]. The monoisotopic (exact) mass is 1230 g/mol. The van der Waals surface area contributed by atoms with E-state index in [1.165, 1.54) is 60.8 Å². The van der Waals surface area contributed by atoms with Crippen molar-refractivity contribution >= 4 is 62.0 Å². The molecule has 14 aromatic rings. The van der Waals surface area contributed by atoms with Crippen molar-refractivity contribution in [1.29, 1.82) is 0 Å². The molecule has 2 aliphatic heterocycles. The van der Waals surface area contributed by atoms with Crippen LogP contribution in [0.15, 0.2) is 291 Å². The number of ether oxygens (including phenoxy) is 1. The summed E-state index contributed by atoms with van der Waals surface area (Å²) in [5.41, 5.74) is 25.2. The highest BCUT2D eigenvalue weighted by atomic mass is 16.5. The fourth-order valence-corrected chi connectivity index (χ4v) is 15.8. The molecule has 0 fully saturated rings. The van der Waals surface area contributed by atoms with Crippen LogP contribution in [0.4, 0.5) is 17.1 Å². The van der Waals surface area contributed by atoms with E-state index in [4.69, 9.17) is 8.85 Å². The smallest absolute Gasteiger partial charge is 0.256 e. The Labute approximate surface area is 566 Å². The maximum atomic E-state index is 9.55. The molecular weight excluding hydrogens is 1150 g/mol. The number of anilines is 3. The van der Waals surface area contributed by atoms with Crippen LogP contribution in [0.25, 0.3) is 83.1 Å². The van der Waals surface area contributed by atoms with Crippen LogP contribution in [0, 0.1) is 0 Å². The average Bonchev–Trinajstić information content (AvgIpc) is 1.25. The first-order valence-electron chi connectivity index (χ1n) is 35.8. The third-order valence-electron chi connectivity index (χ3n) is 20.5. The van der Waals surface area contributed by atoms with Crippen LogP contribution < -0.4 is 26.0 Å². The topological polar surface area (TPSA) is 17.4 Å². The van der Waals surface area contributed by atoms with E-state index in [9.17, 15) is 2.74 Å². The van der Waals surface area contributed by atoms with E-state index in [1.54, 1.807) is 0 Å². The van der Waals surface area contributed by atoms with Crippen LogP contribution in [0.3, 0.4) is 0 Å². The molecule has 0 atom stereocenters. The van der Waals surface area contributed by atoms with Gasteiger partial charge in [0, 0.05) is 39.3 Å². The van der Waals surface area contributed by atoms with Crippen LogP contribution in [-0.2, 0) is 21.7 Å². The molecule has 17 rings (SSSR count). The van der Waals surface area contributed by atoms with Crippen molar-refractivity contribution in [2.24, 2.45) is 0 Å². The zero-order valence-corrected chi connectivity index (χ0v) is 55.2. The molecule has 95 heavy (non-hydrogen) atoms. The number of nitrogens with zero attached hydrogens (tertiary/aromatic N) is 2. The minimum absolute atomic E-state index is 0.111. The molecule has 0 spiro atoms. The highest BCUT2D eigenvalue weighted by molar-refractivity contribution is 6.99. The van der Waals surface area contributed by atoms with Gasteiger partial charge >= 0.3 is 0 Å². The fourth-order valence-electron chi connectivity index (χ4n) is 15.8. The highest BCUT2D eigenvalue weighted by Crippen LogP contribution is 2.59. The van der Waals surface area contributed by atoms with Crippen LogP contribution in [0.5, 0.6) is 11.5 Å². The Kier molecular flexibility index (Phi) is 12.1. The predicted molar refractivity (Wildman–Crippen MR) is 402 cm³/mol. The van der Waals surface area contributed by atoms with Crippen molar-refractivity contribution in [3.05, 3.63) is 330 Å². The second kappa shape index (κ2) is 21.7. The maximum absolute atomic E-state index is 9.55. The van der Waals surface area contributed by atoms with Gasteiger partial charge in [0.2, 0.25) is 0 Å². The Hall–Kier alpha value is -10.7. The largest absolute Gasteiger partial charge is 0.458 e. The quantitative estimate of drug-likeness (QED) is 0.141. The molecule has 13 aromatic carbocycles. The van der Waals surface area contributed by atoms with Crippen LogP contribution in [0.1, 0.15) is 108 Å². The summed E-state index contributed by atoms with van der Waals surface area (Å²) in [6.45, 7) is 20.0. The first kappa shape index (κ1) is 52.8. The van der Waals surface area contributed by atoms with E-state index in [2.05, 4.69) is 327 Å². The molecule has 0 N–H and O–H groups in total. The Bertz CT molecular complexity index is 5510. The van der Waals surface area contributed by atoms with Gasteiger partial charge in [-0.2, -0.15) is 0 Å². The summed E-state index contributed by atoms with van der Waals surface area (Å²) in [4.78, 5) is 2.47. The minimum atomic E-state index is -0.699. The molecule has 458 valence electrons. The van der Waals surface area contributed by atoms with Gasteiger partial charge in [-0.15, -0.1) is 0 Å². The fraction of sp³-hybridized carbons (Fsp3) is 0.143. The van der Waals surface area contributed by atoms with Crippen LogP contribution in [0.2, 0.25) is 0 Å². The van der Waals surface area contributed by atoms with E-state index >= 15 is 0 Å². The van der Waals surface area contributed by atoms with Crippen LogP contribution in [-0.4, -0.2) is 11.3 Å². The molecule has 0 radical (unpaired) electrons.